The zero-order valence-electron chi connectivity index (χ0n) is 10.1. The molecule has 0 aromatic carbocycles. The lowest BCUT2D eigenvalue weighted by atomic mass is 9.82. The first-order valence-corrected chi connectivity index (χ1v) is 6.51. The van der Waals surface area contributed by atoms with Crippen LogP contribution in [0.25, 0.3) is 0 Å². The molecule has 0 aromatic rings. The molecular weight excluding hydrogens is 202 g/mol. The van der Waals surface area contributed by atoms with Crippen LogP contribution >= 0.6 is 0 Å². The number of carbonyl (C=O) groups excluding carboxylic acids is 2. The van der Waals surface area contributed by atoms with Crippen molar-refractivity contribution in [3.05, 3.63) is 0 Å². The summed E-state index contributed by atoms with van der Waals surface area (Å²) in [5.74, 6) is 1.34. The first kappa shape index (κ1) is 11.6. The Bertz CT molecular complexity index is 284. The van der Waals surface area contributed by atoms with E-state index < -0.39 is 0 Å². The molecule has 90 valence electrons. The zero-order valence-corrected chi connectivity index (χ0v) is 10.1. The molecule has 0 spiro atoms. The molecule has 3 heteroatoms. The van der Waals surface area contributed by atoms with Crippen LogP contribution in [0.1, 0.15) is 45.4 Å². The second kappa shape index (κ2) is 4.98. The molecular formula is C13H21NO2. The van der Waals surface area contributed by atoms with Gasteiger partial charge >= 0.3 is 0 Å². The summed E-state index contributed by atoms with van der Waals surface area (Å²) in [6.45, 7) is 3.35. The predicted octanol–water partition coefficient (Wildman–Crippen LogP) is 2.00. The number of carbonyl (C=O) groups is 2. The number of ketones is 1. The molecule has 3 nitrogen and oxygen atoms in total. The highest BCUT2D eigenvalue weighted by Gasteiger charge is 2.30. The van der Waals surface area contributed by atoms with Gasteiger partial charge in [0.1, 0.15) is 5.78 Å². The first-order chi connectivity index (χ1) is 7.70. The minimum absolute atomic E-state index is 0.0964. The van der Waals surface area contributed by atoms with Gasteiger partial charge in [-0.15, -0.1) is 0 Å². The van der Waals surface area contributed by atoms with Gasteiger partial charge in [-0.2, -0.15) is 0 Å². The SMILES string of the molecule is CCC1CN(C(=O)CC2CCC2)CCC1=O. The Balaban J connectivity index is 1.84. The maximum Gasteiger partial charge on any atom is 0.222 e. The van der Waals surface area contributed by atoms with E-state index in [0.29, 0.717) is 37.6 Å². The van der Waals surface area contributed by atoms with Gasteiger partial charge < -0.3 is 4.90 Å². The minimum Gasteiger partial charge on any atom is -0.342 e. The van der Waals surface area contributed by atoms with Gasteiger partial charge in [-0.05, 0) is 25.2 Å². The largest absolute Gasteiger partial charge is 0.342 e. The number of nitrogens with zero attached hydrogens (tertiary/aromatic N) is 1. The van der Waals surface area contributed by atoms with E-state index in [0.717, 1.165) is 6.42 Å². The third-order valence-corrected chi connectivity index (χ3v) is 4.06. The van der Waals surface area contributed by atoms with Gasteiger partial charge in [0.15, 0.2) is 0 Å². The topological polar surface area (TPSA) is 37.4 Å². The lowest BCUT2D eigenvalue weighted by Crippen LogP contribution is -2.44. The second-order valence-electron chi connectivity index (χ2n) is 5.16. The number of piperidine rings is 1. The van der Waals surface area contributed by atoms with Crippen molar-refractivity contribution >= 4 is 11.7 Å². The van der Waals surface area contributed by atoms with Gasteiger partial charge in [0.25, 0.3) is 0 Å². The smallest absolute Gasteiger partial charge is 0.222 e. The molecule has 0 N–H and O–H groups in total. The molecule has 2 rings (SSSR count). The summed E-state index contributed by atoms with van der Waals surface area (Å²) in [5, 5.41) is 0. The molecule has 1 saturated carbocycles. The molecule has 16 heavy (non-hydrogen) atoms. The number of amides is 1. The Morgan fingerprint density at radius 1 is 1.44 bits per heavy atom. The van der Waals surface area contributed by atoms with Crippen LogP contribution in [0.3, 0.4) is 0 Å². The summed E-state index contributed by atoms with van der Waals surface area (Å²) >= 11 is 0. The Morgan fingerprint density at radius 2 is 2.19 bits per heavy atom. The highest BCUT2D eigenvalue weighted by atomic mass is 16.2. The number of hydrogen-bond donors (Lipinski definition) is 0. The van der Waals surface area contributed by atoms with Gasteiger partial charge in [0.2, 0.25) is 5.91 Å². The van der Waals surface area contributed by atoms with E-state index in [1.54, 1.807) is 0 Å². The summed E-state index contributed by atoms with van der Waals surface area (Å²) in [6, 6.07) is 0. The van der Waals surface area contributed by atoms with Crippen LogP contribution in [0, 0.1) is 11.8 Å². The molecule has 1 aliphatic carbocycles. The fraction of sp³-hybridized carbons (Fsp3) is 0.846. The van der Waals surface area contributed by atoms with Crippen molar-refractivity contribution in [1.29, 1.82) is 0 Å². The molecule has 1 amide bonds. The predicted molar refractivity (Wildman–Crippen MR) is 61.9 cm³/mol. The van der Waals surface area contributed by atoms with Crippen molar-refractivity contribution in [3.8, 4) is 0 Å². The molecule has 1 atom stereocenters. The Hall–Kier alpha value is -0.860. The average molecular weight is 223 g/mol. The van der Waals surface area contributed by atoms with E-state index in [2.05, 4.69) is 0 Å². The highest BCUT2D eigenvalue weighted by Crippen LogP contribution is 2.30. The van der Waals surface area contributed by atoms with Crippen molar-refractivity contribution < 1.29 is 9.59 Å². The Labute approximate surface area is 97.2 Å². The summed E-state index contributed by atoms with van der Waals surface area (Å²) < 4.78 is 0. The fourth-order valence-corrected chi connectivity index (χ4v) is 2.56. The van der Waals surface area contributed by atoms with Crippen molar-refractivity contribution in [3.63, 3.8) is 0 Å². The molecule has 0 radical (unpaired) electrons. The maximum absolute atomic E-state index is 12.0. The molecule has 0 aromatic heterocycles. The van der Waals surface area contributed by atoms with Gasteiger partial charge in [-0.25, -0.2) is 0 Å². The van der Waals surface area contributed by atoms with E-state index in [9.17, 15) is 9.59 Å². The van der Waals surface area contributed by atoms with E-state index in [1.807, 2.05) is 11.8 Å². The monoisotopic (exact) mass is 223 g/mol. The number of Topliss-reactive ketones (excluding diaryl/α,β-unsaturated/α-hetero) is 1. The quantitative estimate of drug-likeness (QED) is 0.734. The van der Waals surface area contributed by atoms with E-state index >= 15 is 0 Å². The highest BCUT2D eigenvalue weighted by molar-refractivity contribution is 5.85. The zero-order chi connectivity index (χ0) is 11.5. The summed E-state index contributed by atoms with van der Waals surface area (Å²) in [7, 11) is 0. The van der Waals surface area contributed by atoms with Crippen molar-refractivity contribution in [2.45, 2.75) is 45.4 Å². The molecule has 2 fully saturated rings. The molecule has 1 aliphatic heterocycles. The number of likely N-dealkylation sites (tertiary alicyclic amines) is 1. The lowest BCUT2D eigenvalue weighted by Gasteiger charge is -2.34. The summed E-state index contributed by atoms with van der Waals surface area (Å²) in [6.07, 6.45) is 5.87. The van der Waals surface area contributed by atoms with Crippen molar-refractivity contribution in [2.24, 2.45) is 11.8 Å². The standard InChI is InChI=1S/C13H21NO2/c1-2-11-9-14(7-6-12(11)15)13(16)8-10-4-3-5-10/h10-11H,2-9H2,1H3. The van der Waals surface area contributed by atoms with E-state index in [4.69, 9.17) is 0 Å². The van der Waals surface area contributed by atoms with E-state index in [1.165, 1.54) is 19.3 Å². The third-order valence-electron chi connectivity index (χ3n) is 4.06. The van der Waals surface area contributed by atoms with Crippen LogP contribution < -0.4 is 0 Å². The van der Waals surface area contributed by atoms with Crippen LogP contribution in [0.15, 0.2) is 0 Å². The lowest BCUT2D eigenvalue weighted by molar-refractivity contribution is -0.138. The number of hydrogen-bond acceptors (Lipinski definition) is 2. The van der Waals surface area contributed by atoms with Crippen LogP contribution in [-0.4, -0.2) is 29.7 Å². The van der Waals surface area contributed by atoms with Crippen LogP contribution in [-0.2, 0) is 9.59 Å². The third kappa shape index (κ3) is 2.45. The van der Waals surface area contributed by atoms with Crippen LogP contribution in [0.5, 0.6) is 0 Å². The average Bonchev–Trinajstić information content (AvgIpc) is 2.24. The Morgan fingerprint density at radius 3 is 2.75 bits per heavy atom. The maximum atomic E-state index is 12.0. The Kier molecular flexibility index (Phi) is 3.62. The fourth-order valence-electron chi connectivity index (χ4n) is 2.56. The van der Waals surface area contributed by atoms with Crippen LogP contribution in [0.4, 0.5) is 0 Å². The van der Waals surface area contributed by atoms with Crippen molar-refractivity contribution in [2.75, 3.05) is 13.1 Å². The van der Waals surface area contributed by atoms with E-state index in [-0.39, 0.29) is 11.8 Å². The molecule has 2 aliphatic rings. The van der Waals surface area contributed by atoms with Gasteiger partial charge in [-0.3, -0.25) is 9.59 Å². The second-order valence-corrected chi connectivity index (χ2v) is 5.16. The van der Waals surface area contributed by atoms with Gasteiger partial charge in [0.05, 0.1) is 0 Å². The number of rotatable bonds is 3. The molecule has 1 unspecified atom stereocenters. The normalized spacial score (nSPS) is 26.7. The summed E-state index contributed by atoms with van der Waals surface area (Å²) in [4.78, 5) is 25.4. The molecule has 1 saturated heterocycles. The van der Waals surface area contributed by atoms with Crippen molar-refractivity contribution in [1.82, 2.24) is 4.90 Å². The molecule has 1 heterocycles. The van der Waals surface area contributed by atoms with Gasteiger partial charge in [0, 0.05) is 31.8 Å². The van der Waals surface area contributed by atoms with Crippen LogP contribution in [0.2, 0.25) is 0 Å². The first-order valence-electron chi connectivity index (χ1n) is 6.51. The molecule has 0 bridgehead atoms. The minimum atomic E-state index is 0.0964. The summed E-state index contributed by atoms with van der Waals surface area (Å²) in [5.41, 5.74) is 0. The van der Waals surface area contributed by atoms with Gasteiger partial charge in [-0.1, -0.05) is 13.3 Å².